The Hall–Kier alpha value is -1.55. The van der Waals surface area contributed by atoms with Crippen molar-refractivity contribution in [3.8, 4) is 5.75 Å². The lowest BCUT2D eigenvalue weighted by Crippen LogP contribution is -2.54. The molecule has 0 N–H and O–H groups in total. The second-order valence-corrected chi connectivity index (χ2v) is 6.47. The fourth-order valence-corrected chi connectivity index (χ4v) is 3.42. The van der Waals surface area contributed by atoms with Crippen LogP contribution in [0.25, 0.3) is 0 Å². The summed E-state index contributed by atoms with van der Waals surface area (Å²) in [5.41, 5.74) is 1.11. The molecule has 0 radical (unpaired) electrons. The second kappa shape index (κ2) is 6.69. The molecule has 1 saturated carbocycles. The van der Waals surface area contributed by atoms with Crippen molar-refractivity contribution in [3.05, 3.63) is 29.8 Å². The van der Waals surface area contributed by atoms with Crippen LogP contribution in [0.2, 0.25) is 0 Å². The molecular formula is C18H26N2O2. The first-order valence-electron chi connectivity index (χ1n) is 8.34. The van der Waals surface area contributed by atoms with E-state index < -0.39 is 0 Å². The second-order valence-electron chi connectivity index (χ2n) is 6.47. The molecule has 4 nitrogen and oxygen atoms in total. The number of aryl methyl sites for hydroxylation is 1. The lowest BCUT2D eigenvalue weighted by atomic mass is 10.1. The first-order chi connectivity index (χ1) is 10.7. The SMILES string of the molecule is COc1ccccc1CCC(=O)N1CCN(C2CC2)CC1C. The van der Waals surface area contributed by atoms with Crippen molar-refractivity contribution in [1.29, 1.82) is 0 Å². The molecule has 1 atom stereocenters. The fourth-order valence-electron chi connectivity index (χ4n) is 3.42. The standard InChI is InChI=1S/C18H26N2O2/c1-14-13-19(16-8-9-16)11-12-20(14)18(21)10-7-15-5-3-4-6-17(15)22-2/h3-6,14,16H,7-13H2,1-2H3. The molecule has 1 amide bonds. The molecule has 3 rings (SSSR count). The molecule has 4 heteroatoms. The monoisotopic (exact) mass is 302 g/mol. The summed E-state index contributed by atoms with van der Waals surface area (Å²) in [5, 5.41) is 0. The zero-order chi connectivity index (χ0) is 15.5. The van der Waals surface area contributed by atoms with Gasteiger partial charge in [-0.25, -0.2) is 0 Å². The van der Waals surface area contributed by atoms with Crippen LogP contribution in [0.4, 0.5) is 0 Å². The maximum Gasteiger partial charge on any atom is 0.223 e. The maximum absolute atomic E-state index is 12.5. The van der Waals surface area contributed by atoms with E-state index in [0.717, 1.165) is 43.4 Å². The average Bonchev–Trinajstić information content (AvgIpc) is 3.37. The van der Waals surface area contributed by atoms with Gasteiger partial charge in [-0.2, -0.15) is 0 Å². The Labute approximate surface area is 133 Å². The first-order valence-corrected chi connectivity index (χ1v) is 8.34. The number of ether oxygens (including phenoxy) is 1. The Balaban J connectivity index is 1.53. The van der Waals surface area contributed by atoms with Crippen molar-refractivity contribution in [3.63, 3.8) is 0 Å². The van der Waals surface area contributed by atoms with Crippen molar-refractivity contribution < 1.29 is 9.53 Å². The number of nitrogens with zero attached hydrogens (tertiary/aromatic N) is 2. The molecule has 1 aliphatic carbocycles. The number of hydrogen-bond donors (Lipinski definition) is 0. The molecule has 1 aromatic rings. The average molecular weight is 302 g/mol. The molecule has 22 heavy (non-hydrogen) atoms. The molecule has 2 fully saturated rings. The number of carbonyl (C=O) groups is 1. The van der Waals surface area contributed by atoms with Crippen LogP contribution in [-0.2, 0) is 11.2 Å². The molecule has 0 spiro atoms. The van der Waals surface area contributed by atoms with Gasteiger partial charge in [-0.1, -0.05) is 18.2 Å². The molecule has 2 aliphatic rings. The Bertz CT molecular complexity index is 528. The van der Waals surface area contributed by atoms with E-state index in [2.05, 4.69) is 16.7 Å². The highest BCUT2D eigenvalue weighted by Gasteiger charge is 2.35. The molecule has 1 aromatic carbocycles. The normalized spacial score (nSPS) is 22.6. The van der Waals surface area contributed by atoms with Crippen LogP contribution in [0.15, 0.2) is 24.3 Å². The Morgan fingerprint density at radius 3 is 2.73 bits per heavy atom. The highest BCUT2D eigenvalue weighted by molar-refractivity contribution is 5.77. The van der Waals surface area contributed by atoms with Gasteiger partial charge in [0.25, 0.3) is 0 Å². The van der Waals surface area contributed by atoms with E-state index in [1.807, 2.05) is 24.3 Å². The van der Waals surface area contributed by atoms with E-state index in [1.165, 1.54) is 12.8 Å². The van der Waals surface area contributed by atoms with Gasteiger partial charge >= 0.3 is 0 Å². The lowest BCUT2D eigenvalue weighted by molar-refractivity contribution is -0.135. The molecule has 1 unspecified atom stereocenters. The van der Waals surface area contributed by atoms with Gasteiger partial charge in [0.1, 0.15) is 5.75 Å². The minimum atomic E-state index is 0.272. The van der Waals surface area contributed by atoms with Crippen LogP contribution in [-0.4, -0.2) is 54.5 Å². The number of methoxy groups -OCH3 is 1. The minimum Gasteiger partial charge on any atom is -0.496 e. The van der Waals surface area contributed by atoms with Gasteiger partial charge in [-0.15, -0.1) is 0 Å². The zero-order valence-electron chi connectivity index (χ0n) is 13.6. The largest absolute Gasteiger partial charge is 0.496 e. The number of hydrogen-bond acceptors (Lipinski definition) is 3. The van der Waals surface area contributed by atoms with Crippen molar-refractivity contribution >= 4 is 5.91 Å². The smallest absolute Gasteiger partial charge is 0.223 e. The van der Waals surface area contributed by atoms with Crippen LogP contribution in [0.1, 0.15) is 31.7 Å². The van der Waals surface area contributed by atoms with E-state index in [1.54, 1.807) is 7.11 Å². The minimum absolute atomic E-state index is 0.272. The van der Waals surface area contributed by atoms with Gasteiger partial charge in [0.05, 0.1) is 7.11 Å². The molecule has 0 aromatic heterocycles. The Morgan fingerprint density at radius 1 is 1.27 bits per heavy atom. The maximum atomic E-state index is 12.5. The number of piperazine rings is 1. The van der Waals surface area contributed by atoms with Gasteiger partial charge in [-0.3, -0.25) is 9.69 Å². The lowest BCUT2D eigenvalue weighted by Gasteiger charge is -2.40. The van der Waals surface area contributed by atoms with E-state index in [0.29, 0.717) is 12.5 Å². The van der Waals surface area contributed by atoms with Crippen LogP contribution < -0.4 is 4.74 Å². The Kier molecular flexibility index (Phi) is 4.67. The molecule has 120 valence electrons. The highest BCUT2D eigenvalue weighted by Crippen LogP contribution is 2.29. The van der Waals surface area contributed by atoms with Crippen LogP contribution in [0.5, 0.6) is 5.75 Å². The van der Waals surface area contributed by atoms with E-state index in [4.69, 9.17) is 4.74 Å². The summed E-state index contributed by atoms with van der Waals surface area (Å²) in [5.74, 6) is 1.15. The first kappa shape index (κ1) is 15.3. The van der Waals surface area contributed by atoms with Gasteiger partial charge in [0.2, 0.25) is 5.91 Å². The summed E-state index contributed by atoms with van der Waals surface area (Å²) < 4.78 is 5.36. The van der Waals surface area contributed by atoms with E-state index in [-0.39, 0.29) is 5.91 Å². The van der Waals surface area contributed by atoms with E-state index >= 15 is 0 Å². The van der Waals surface area contributed by atoms with Crippen LogP contribution in [0, 0.1) is 0 Å². The highest BCUT2D eigenvalue weighted by atomic mass is 16.5. The van der Waals surface area contributed by atoms with Crippen LogP contribution in [0.3, 0.4) is 0 Å². The van der Waals surface area contributed by atoms with Gasteiger partial charge in [-0.05, 0) is 37.8 Å². The molecule has 1 aliphatic heterocycles. The fraction of sp³-hybridized carbons (Fsp3) is 0.611. The molecular weight excluding hydrogens is 276 g/mol. The van der Waals surface area contributed by atoms with Gasteiger partial charge < -0.3 is 9.64 Å². The summed E-state index contributed by atoms with van der Waals surface area (Å²) in [6, 6.07) is 9.09. The van der Waals surface area contributed by atoms with Crippen molar-refractivity contribution in [1.82, 2.24) is 9.80 Å². The third-order valence-corrected chi connectivity index (χ3v) is 4.84. The number of rotatable bonds is 5. The Morgan fingerprint density at radius 2 is 2.05 bits per heavy atom. The van der Waals surface area contributed by atoms with Crippen molar-refractivity contribution in [2.75, 3.05) is 26.7 Å². The van der Waals surface area contributed by atoms with Crippen LogP contribution >= 0.6 is 0 Å². The number of benzene rings is 1. The summed E-state index contributed by atoms with van der Waals surface area (Å²) >= 11 is 0. The molecule has 1 heterocycles. The third kappa shape index (κ3) is 3.43. The predicted molar refractivity (Wildman–Crippen MR) is 87.1 cm³/mol. The predicted octanol–water partition coefficient (Wildman–Crippen LogP) is 2.32. The summed E-state index contributed by atoms with van der Waals surface area (Å²) in [6.45, 7) is 5.12. The van der Waals surface area contributed by atoms with Gasteiger partial charge in [0.15, 0.2) is 0 Å². The summed E-state index contributed by atoms with van der Waals surface area (Å²) in [7, 11) is 1.68. The van der Waals surface area contributed by atoms with Gasteiger partial charge in [0, 0.05) is 38.1 Å². The van der Waals surface area contributed by atoms with Crippen molar-refractivity contribution in [2.24, 2.45) is 0 Å². The molecule has 0 bridgehead atoms. The van der Waals surface area contributed by atoms with Crippen molar-refractivity contribution in [2.45, 2.75) is 44.7 Å². The van der Waals surface area contributed by atoms with E-state index in [9.17, 15) is 4.79 Å². The summed E-state index contributed by atoms with van der Waals surface area (Å²) in [4.78, 5) is 17.2. The quantitative estimate of drug-likeness (QED) is 0.837. The number of para-hydroxylation sites is 1. The zero-order valence-corrected chi connectivity index (χ0v) is 13.6. The summed E-state index contributed by atoms with van der Waals surface area (Å²) in [6.07, 6.45) is 4.00. The molecule has 1 saturated heterocycles. The topological polar surface area (TPSA) is 32.8 Å². The third-order valence-electron chi connectivity index (χ3n) is 4.84. The number of amides is 1. The number of carbonyl (C=O) groups excluding carboxylic acids is 1.